The highest BCUT2D eigenvalue weighted by Gasteiger charge is 2.16. The van der Waals surface area contributed by atoms with E-state index in [1.807, 2.05) is 32.9 Å². The Labute approximate surface area is 167 Å². The number of amides is 2. The zero-order valence-corrected chi connectivity index (χ0v) is 17.5. The van der Waals surface area contributed by atoms with Gasteiger partial charge in [0.2, 0.25) is 5.91 Å². The normalized spacial score (nSPS) is 10.5. The van der Waals surface area contributed by atoms with Crippen molar-refractivity contribution in [3.63, 3.8) is 0 Å². The third kappa shape index (κ3) is 5.84. The van der Waals surface area contributed by atoms with Crippen LogP contribution >= 0.6 is 0 Å². The summed E-state index contributed by atoms with van der Waals surface area (Å²) in [6.07, 6.45) is 2.07. The molecule has 0 aliphatic carbocycles. The quantitative estimate of drug-likeness (QED) is 0.684. The summed E-state index contributed by atoms with van der Waals surface area (Å²) in [6, 6.07) is 11.1. The second-order valence-electron chi connectivity index (χ2n) is 7.21. The summed E-state index contributed by atoms with van der Waals surface area (Å²) >= 11 is 0. The highest BCUT2D eigenvalue weighted by molar-refractivity contribution is 5.99. The van der Waals surface area contributed by atoms with Crippen LogP contribution in [0.25, 0.3) is 0 Å². The van der Waals surface area contributed by atoms with Crippen molar-refractivity contribution in [3.05, 3.63) is 58.7 Å². The lowest BCUT2D eigenvalue weighted by Crippen LogP contribution is -2.35. The van der Waals surface area contributed by atoms with Crippen molar-refractivity contribution in [3.8, 4) is 5.75 Å². The van der Waals surface area contributed by atoms with Crippen molar-refractivity contribution < 1.29 is 14.3 Å². The van der Waals surface area contributed by atoms with Crippen LogP contribution in [0.4, 0.5) is 5.69 Å². The number of rotatable bonds is 8. The standard InChI is InChI=1S/C23H30N2O3/c1-6-7-12-28-20-10-8-19(9-11-20)23(27)25(5)15-21(26)24-22-17(3)13-16(2)14-18(22)4/h8-11,13-14H,6-7,12,15H2,1-5H3,(H,24,26). The summed E-state index contributed by atoms with van der Waals surface area (Å²) in [5.41, 5.74) is 4.52. The van der Waals surface area contributed by atoms with Crippen molar-refractivity contribution in [1.29, 1.82) is 0 Å². The van der Waals surface area contributed by atoms with Crippen LogP contribution in [-0.2, 0) is 4.79 Å². The Morgan fingerprint density at radius 1 is 1.04 bits per heavy atom. The van der Waals surface area contributed by atoms with E-state index < -0.39 is 0 Å². The van der Waals surface area contributed by atoms with Gasteiger partial charge in [-0.2, -0.15) is 0 Å². The first-order valence-electron chi connectivity index (χ1n) is 9.67. The molecule has 5 nitrogen and oxygen atoms in total. The second-order valence-corrected chi connectivity index (χ2v) is 7.21. The molecule has 0 fully saturated rings. The summed E-state index contributed by atoms with van der Waals surface area (Å²) in [4.78, 5) is 26.4. The van der Waals surface area contributed by atoms with Gasteiger partial charge in [0.25, 0.3) is 5.91 Å². The zero-order valence-electron chi connectivity index (χ0n) is 17.5. The van der Waals surface area contributed by atoms with Gasteiger partial charge in [0, 0.05) is 18.3 Å². The molecule has 2 aromatic carbocycles. The molecule has 1 N–H and O–H groups in total. The van der Waals surface area contributed by atoms with Crippen molar-refractivity contribution >= 4 is 17.5 Å². The van der Waals surface area contributed by atoms with Gasteiger partial charge in [-0.1, -0.05) is 31.0 Å². The van der Waals surface area contributed by atoms with E-state index in [1.165, 1.54) is 4.90 Å². The summed E-state index contributed by atoms with van der Waals surface area (Å²) in [6.45, 7) is 8.72. The van der Waals surface area contributed by atoms with Crippen molar-refractivity contribution in [2.75, 3.05) is 25.5 Å². The van der Waals surface area contributed by atoms with Gasteiger partial charge in [-0.15, -0.1) is 0 Å². The molecule has 0 saturated carbocycles. The molecule has 0 heterocycles. The molecular weight excluding hydrogens is 352 g/mol. The van der Waals surface area contributed by atoms with Gasteiger partial charge >= 0.3 is 0 Å². The molecule has 28 heavy (non-hydrogen) atoms. The summed E-state index contributed by atoms with van der Waals surface area (Å²) < 4.78 is 5.61. The van der Waals surface area contributed by atoms with Crippen LogP contribution in [0.15, 0.2) is 36.4 Å². The molecular formula is C23H30N2O3. The van der Waals surface area contributed by atoms with Crippen LogP contribution < -0.4 is 10.1 Å². The zero-order chi connectivity index (χ0) is 20.7. The predicted molar refractivity (Wildman–Crippen MR) is 113 cm³/mol. The number of benzene rings is 2. The highest BCUT2D eigenvalue weighted by Crippen LogP contribution is 2.22. The lowest BCUT2D eigenvalue weighted by atomic mass is 10.1. The molecule has 150 valence electrons. The van der Waals surface area contributed by atoms with Gasteiger partial charge < -0.3 is 15.0 Å². The van der Waals surface area contributed by atoms with E-state index in [1.54, 1.807) is 31.3 Å². The number of ether oxygens (including phenoxy) is 1. The lowest BCUT2D eigenvalue weighted by molar-refractivity contribution is -0.116. The fraction of sp³-hybridized carbons (Fsp3) is 0.391. The van der Waals surface area contributed by atoms with E-state index in [4.69, 9.17) is 4.74 Å². The third-order valence-electron chi connectivity index (χ3n) is 4.54. The van der Waals surface area contributed by atoms with Gasteiger partial charge in [-0.05, 0) is 62.6 Å². The van der Waals surface area contributed by atoms with Gasteiger partial charge in [0.15, 0.2) is 0 Å². The largest absolute Gasteiger partial charge is 0.494 e. The highest BCUT2D eigenvalue weighted by atomic mass is 16.5. The van der Waals surface area contributed by atoms with Gasteiger partial charge in [-0.25, -0.2) is 0 Å². The number of nitrogens with zero attached hydrogens (tertiary/aromatic N) is 1. The maximum atomic E-state index is 12.6. The van der Waals surface area contributed by atoms with Crippen LogP contribution in [0.1, 0.15) is 46.8 Å². The van der Waals surface area contributed by atoms with Crippen LogP contribution in [0.3, 0.4) is 0 Å². The number of nitrogens with one attached hydrogen (secondary N) is 1. The SMILES string of the molecule is CCCCOc1ccc(C(=O)N(C)CC(=O)Nc2c(C)cc(C)cc2C)cc1. The van der Waals surface area contributed by atoms with Crippen molar-refractivity contribution in [2.24, 2.45) is 0 Å². The van der Waals surface area contributed by atoms with Gasteiger partial charge in [-0.3, -0.25) is 9.59 Å². The number of carbonyl (C=O) groups is 2. The lowest BCUT2D eigenvalue weighted by Gasteiger charge is -2.18. The third-order valence-corrected chi connectivity index (χ3v) is 4.54. The molecule has 2 rings (SSSR count). The molecule has 0 radical (unpaired) electrons. The van der Waals surface area contributed by atoms with Crippen LogP contribution in [0.5, 0.6) is 5.75 Å². The van der Waals surface area contributed by atoms with E-state index in [-0.39, 0.29) is 18.4 Å². The molecule has 0 aliphatic rings. The Kier molecular flexibility index (Phi) is 7.61. The average Bonchev–Trinajstić information content (AvgIpc) is 2.65. The average molecular weight is 383 g/mol. The van der Waals surface area contributed by atoms with E-state index in [2.05, 4.69) is 12.2 Å². The second kappa shape index (κ2) is 9.93. The number of unbranched alkanes of at least 4 members (excludes halogenated alkanes) is 1. The van der Waals surface area contributed by atoms with Crippen molar-refractivity contribution in [1.82, 2.24) is 4.90 Å². The smallest absolute Gasteiger partial charge is 0.254 e. The number of aryl methyl sites for hydroxylation is 3. The molecule has 0 aliphatic heterocycles. The number of likely N-dealkylation sites (N-methyl/N-ethyl adjacent to an activating group) is 1. The topological polar surface area (TPSA) is 58.6 Å². The van der Waals surface area contributed by atoms with E-state index in [0.29, 0.717) is 12.2 Å². The maximum absolute atomic E-state index is 12.6. The number of anilines is 1. The minimum atomic E-state index is -0.217. The summed E-state index contributed by atoms with van der Waals surface area (Å²) in [5, 5.41) is 2.93. The first kappa shape index (κ1) is 21.5. The van der Waals surface area contributed by atoms with Crippen LogP contribution in [-0.4, -0.2) is 36.9 Å². The van der Waals surface area contributed by atoms with Gasteiger partial charge in [0.05, 0.1) is 13.2 Å². The first-order chi connectivity index (χ1) is 13.3. The van der Waals surface area contributed by atoms with Crippen LogP contribution in [0.2, 0.25) is 0 Å². The Hall–Kier alpha value is -2.82. The molecule has 2 amide bonds. The predicted octanol–water partition coefficient (Wildman–Crippen LogP) is 4.50. The Morgan fingerprint density at radius 2 is 1.64 bits per heavy atom. The monoisotopic (exact) mass is 382 g/mol. The van der Waals surface area contributed by atoms with Gasteiger partial charge in [0.1, 0.15) is 5.75 Å². The fourth-order valence-electron chi connectivity index (χ4n) is 3.09. The summed E-state index contributed by atoms with van der Waals surface area (Å²) in [5.74, 6) is 0.328. The molecule has 0 saturated heterocycles. The van der Waals surface area contributed by atoms with E-state index in [0.717, 1.165) is 41.0 Å². The molecule has 5 heteroatoms. The Morgan fingerprint density at radius 3 is 2.21 bits per heavy atom. The van der Waals surface area contributed by atoms with E-state index in [9.17, 15) is 9.59 Å². The molecule has 0 aromatic heterocycles. The molecule has 0 atom stereocenters. The van der Waals surface area contributed by atoms with Crippen LogP contribution in [0, 0.1) is 20.8 Å². The summed E-state index contributed by atoms with van der Waals surface area (Å²) in [7, 11) is 1.63. The Balaban J connectivity index is 1.95. The number of carbonyl (C=O) groups excluding carboxylic acids is 2. The molecule has 0 spiro atoms. The molecule has 0 bridgehead atoms. The maximum Gasteiger partial charge on any atom is 0.254 e. The fourth-order valence-corrected chi connectivity index (χ4v) is 3.09. The Bertz CT molecular complexity index is 805. The van der Waals surface area contributed by atoms with E-state index >= 15 is 0 Å². The minimum Gasteiger partial charge on any atom is -0.494 e. The number of hydrogen-bond donors (Lipinski definition) is 1. The minimum absolute atomic E-state index is 0.0136. The molecule has 0 unspecified atom stereocenters. The van der Waals surface area contributed by atoms with Crippen molar-refractivity contribution in [2.45, 2.75) is 40.5 Å². The number of hydrogen-bond acceptors (Lipinski definition) is 3. The molecule has 2 aromatic rings. The first-order valence-corrected chi connectivity index (χ1v) is 9.67.